The standard InChI is InChI=1S/C18H18FN3O2S/c1-11-2-5-16(25-11)17(23)20-13-6-8-22(9-7-13)18-21-14-10-12(19)3-4-15(14)24-18/h2-5,10,13H,6-9H2,1H3,(H,20,23). The van der Waals surface area contributed by atoms with E-state index in [-0.39, 0.29) is 17.8 Å². The minimum atomic E-state index is -0.322. The third-order valence-corrected chi connectivity index (χ3v) is 5.40. The summed E-state index contributed by atoms with van der Waals surface area (Å²) in [6.07, 6.45) is 1.65. The third-order valence-electron chi connectivity index (χ3n) is 4.40. The van der Waals surface area contributed by atoms with Crippen molar-refractivity contribution in [2.45, 2.75) is 25.8 Å². The molecule has 0 saturated carbocycles. The molecule has 3 heterocycles. The second-order valence-corrected chi connectivity index (χ2v) is 7.54. The first kappa shape index (κ1) is 16.1. The number of anilines is 1. The van der Waals surface area contributed by atoms with Gasteiger partial charge >= 0.3 is 0 Å². The molecule has 1 aliphatic heterocycles. The van der Waals surface area contributed by atoms with Gasteiger partial charge in [0.05, 0.1) is 4.88 Å². The van der Waals surface area contributed by atoms with Crippen LogP contribution in [0.3, 0.4) is 0 Å². The Bertz CT molecular complexity index is 912. The number of thiophene rings is 1. The Labute approximate surface area is 148 Å². The lowest BCUT2D eigenvalue weighted by Gasteiger charge is -2.31. The number of hydrogen-bond donors (Lipinski definition) is 1. The topological polar surface area (TPSA) is 58.4 Å². The van der Waals surface area contributed by atoms with Crippen LogP contribution in [0.2, 0.25) is 0 Å². The van der Waals surface area contributed by atoms with Crippen LogP contribution in [0.15, 0.2) is 34.7 Å². The van der Waals surface area contributed by atoms with E-state index in [4.69, 9.17) is 4.42 Å². The third kappa shape index (κ3) is 3.37. The number of halogens is 1. The van der Waals surface area contributed by atoms with Crippen molar-refractivity contribution < 1.29 is 13.6 Å². The molecule has 0 unspecified atom stereocenters. The number of nitrogens with zero attached hydrogens (tertiary/aromatic N) is 2. The number of benzene rings is 1. The van der Waals surface area contributed by atoms with Crippen LogP contribution >= 0.6 is 11.3 Å². The van der Waals surface area contributed by atoms with Crippen molar-refractivity contribution in [3.05, 3.63) is 45.9 Å². The zero-order valence-corrected chi connectivity index (χ0v) is 14.6. The van der Waals surface area contributed by atoms with Crippen LogP contribution in [-0.4, -0.2) is 30.0 Å². The number of amides is 1. The number of carbonyl (C=O) groups excluding carboxylic acids is 1. The molecule has 0 aliphatic carbocycles. The van der Waals surface area contributed by atoms with Crippen LogP contribution in [-0.2, 0) is 0 Å². The van der Waals surface area contributed by atoms with Crippen molar-refractivity contribution in [2.75, 3.05) is 18.0 Å². The van der Waals surface area contributed by atoms with Gasteiger partial charge in [-0.15, -0.1) is 11.3 Å². The number of aryl methyl sites for hydroxylation is 1. The zero-order valence-electron chi connectivity index (χ0n) is 13.8. The highest BCUT2D eigenvalue weighted by atomic mass is 32.1. The molecule has 3 aromatic rings. The molecular weight excluding hydrogens is 341 g/mol. The smallest absolute Gasteiger partial charge is 0.298 e. The summed E-state index contributed by atoms with van der Waals surface area (Å²) >= 11 is 1.51. The van der Waals surface area contributed by atoms with Crippen LogP contribution in [0.4, 0.5) is 10.4 Å². The lowest BCUT2D eigenvalue weighted by atomic mass is 10.1. The number of nitrogens with one attached hydrogen (secondary N) is 1. The van der Waals surface area contributed by atoms with Gasteiger partial charge in [-0.1, -0.05) is 0 Å². The van der Waals surface area contributed by atoms with E-state index in [1.807, 2.05) is 24.0 Å². The zero-order chi connectivity index (χ0) is 17.4. The van der Waals surface area contributed by atoms with Crippen molar-refractivity contribution in [1.29, 1.82) is 0 Å². The fraction of sp³-hybridized carbons (Fsp3) is 0.333. The van der Waals surface area contributed by atoms with E-state index in [1.165, 1.54) is 23.5 Å². The van der Waals surface area contributed by atoms with Gasteiger partial charge in [-0.2, -0.15) is 4.98 Å². The molecular formula is C18H18FN3O2S. The molecule has 5 nitrogen and oxygen atoms in total. The van der Waals surface area contributed by atoms with Crippen molar-refractivity contribution in [1.82, 2.24) is 10.3 Å². The van der Waals surface area contributed by atoms with E-state index in [0.29, 0.717) is 17.1 Å². The maximum Gasteiger partial charge on any atom is 0.298 e. The summed E-state index contributed by atoms with van der Waals surface area (Å²) < 4.78 is 19.0. The summed E-state index contributed by atoms with van der Waals surface area (Å²) in [5.41, 5.74) is 1.11. The van der Waals surface area contributed by atoms with Crippen LogP contribution in [0, 0.1) is 12.7 Å². The number of piperidine rings is 1. The predicted octanol–water partition coefficient (Wildman–Crippen LogP) is 3.74. The van der Waals surface area contributed by atoms with E-state index in [2.05, 4.69) is 10.3 Å². The van der Waals surface area contributed by atoms with Gasteiger partial charge in [-0.3, -0.25) is 4.79 Å². The molecule has 7 heteroatoms. The highest BCUT2D eigenvalue weighted by molar-refractivity contribution is 7.13. The molecule has 4 rings (SSSR count). The number of carbonyl (C=O) groups is 1. The summed E-state index contributed by atoms with van der Waals surface area (Å²) in [6.45, 7) is 3.47. The van der Waals surface area contributed by atoms with E-state index >= 15 is 0 Å². The first-order valence-electron chi connectivity index (χ1n) is 8.27. The second kappa shape index (κ2) is 6.48. The maximum atomic E-state index is 13.3. The van der Waals surface area contributed by atoms with Crippen molar-refractivity contribution >= 4 is 34.4 Å². The summed E-state index contributed by atoms with van der Waals surface area (Å²) in [7, 11) is 0. The molecule has 0 spiro atoms. The number of hydrogen-bond acceptors (Lipinski definition) is 5. The minimum absolute atomic E-state index is 0.00566. The maximum absolute atomic E-state index is 13.3. The van der Waals surface area contributed by atoms with E-state index < -0.39 is 0 Å². The Morgan fingerprint density at radius 3 is 2.84 bits per heavy atom. The summed E-state index contributed by atoms with van der Waals surface area (Å²) in [6, 6.07) is 8.81. The largest absolute Gasteiger partial charge is 0.423 e. The molecule has 25 heavy (non-hydrogen) atoms. The Morgan fingerprint density at radius 2 is 2.12 bits per heavy atom. The molecule has 0 radical (unpaired) electrons. The van der Waals surface area contributed by atoms with Gasteiger partial charge in [0.2, 0.25) is 0 Å². The molecule has 1 aromatic carbocycles. The molecule has 130 valence electrons. The summed E-state index contributed by atoms with van der Waals surface area (Å²) in [5, 5.41) is 3.10. The predicted molar refractivity (Wildman–Crippen MR) is 95.7 cm³/mol. The van der Waals surface area contributed by atoms with Gasteiger partial charge in [0.15, 0.2) is 5.58 Å². The molecule has 1 aliphatic rings. The quantitative estimate of drug-likeness (QED) is 0.774. The van der Waals surface area contributed by atoms with Gasteiger partial charge in [0, 0.05) is 30.1 Å². The summed E-state index contributed by atoms with van der Waals surface area (Å²) in [4.78, 5) is 20.5. The number of aromatic nitrogens is 1. The van der Waals surface area contributed by atoms with Gasteiger partial charge in [0.25, 0.3) is 11.9 Å². The Kier molecular flexibility index (Phi) is 4.17. The van der Waals surface area contributed by atoms with Crippen LogP contribution in [0.25, 0.3) is 11.1 Å². The van der Waals surface area contributed by atoms with E-state index in [9.17, 15) is 9.18 Å². The molecule has 1 fully saturated rings. The average molecular weight is 359 g/mol. The normalized spacial score (nSPS) is 15.7. The highest BCUT2D eigenvalue weighted by Gasteiger charge is 2.24. The fourth-order valence-corrected chi connectivity index (χ4v) is 3.82. The second-order valence-electron chi connectivity index (χ2n) is 6.25. The van der Waals surface area contributed by atoms with Gasteiger partial charge < -0.3 is 14.6 Å². The average Bonchev–Trinajstić information content (AvgIpc) is 3.21. The number of fused-ring (bicyclic) bond motifs is 1. The van der Waals surface area contributed by atoms with Gasteiger partial charge in [0.1, 0.15) is 11.3 Å². The van der Waals surface area contributed by atoms with Crippen molar-refractivity contribution in [2.24, 2.45) is 0 Å². The lowest BCUT2D eigenvalue weighted by Crippen LogP contribution is -2.44. The van der Waals surface area contributed by atoms with Crippen molar-refractivity contribution in [3.8, 4) is 0 Å². The first-order chi connectivity index (χ1) is 12.1. The first-order valence-corrected chi connectivity index (χ1v) is 9.08. The number of rotatable bonds is 3. The summed E-state index contributed by atoms with van der Waals surface area (Å²) in [5.74, 6) is -0.327. The highest BCUT2D eigenvalue weighted by Crippen LogP contribution is 2.25. The fourth-order valence-electron chi connectivity index (χ4n) is 3.05. The molecule has 0 bridgehead atoms. The Balaban J connectivity index is 1.38. The monoisotopic (exact) mass is 359 g/mol. The molecule has 1 saturated heterocycles. The van der Waals surface area contributed by atoms with Gasteiger partial charge in [-0.05, 0) is 44.0 Å². The minimum Gasteiger partial charge on any atom is -0.423 e. The van der Waals surface area contributed by atoms with E-state index in [1.54, 1.807) is 6.07 Å². The lowest BCUT2D eigenvalue weighted by molar-refractivity contribution is 0.0935. The Hall–Kier alpha value is -2.41. The van der Waals surface area contributed by atoms with Crippen molar-refractivity contribution in [3.63, 3.8) is 0 Å². The Morgan fingerprint density at radius 1 is 1.32 bits per heavy atom. The molecule has 1 N–H and O–H groups in total. The van der Waals surface area contributed by atoms with Crippen LogP contribution in [0.5, 0.6) is 0 Å². The van der Waals surface area contributed by atoms with E-state index in [0.717, 1.165) is 35.7 Å². The van der Waals surface area contributed by atoms with Crippen LogP contribution < -0.4 is 10.2 Å². The molecule has 2 aromatic heterocycles. The van der Waals surface area contributed by atoms with Crippen LogP contribution in [0.1, 0.15) is 27.4 Å². The SMILES string of the molecule is Cc1ccc(C(=O)NC2CCN(c3nc4cc(F)ccc4o3)CC2)s1. The van der Waals surface area contributed by atoms with Gasteiger partial charge in [-0.25, -0.2) is 4.39 Å². The number of oxazole rings is 1. The molecule has 1 amide bonds. The molecule has 0 atom stereocenters.